The highest BCUT2D eigenvalue weighted by molar-refractivity contribution is 9.10. The van der Waals surface area contributed by atoms with Gasteiger partial charge < -0.3 is 16.2 Å². The van der Waals surface area contributed by atoms with Gasteiger partial charge in [-0.1, -0.05) is 11.6 Å². The maximum Gasteiger partial charge on any atom is 0.144 e. The Morgan fingerprint density at radius 2 is 2.40 bits per heavy atom. The van der Waals surface area contributed by atoms with E-state index in [1.165, 1.54) is 0 Å². The molecule has 84 valence electrons. The van der Waals surface area contributed by atoms with Crippen LogP contribution in [0.25, 0.3) is 0 Å². The van der Waals surface area contributed by atoms with Gasteiger partial charge in [-0.05, 0) is 28.9 Å². The molecular formula is C9H13BrClN3O. The summed E-state index contributed by atoms with van der Waals surface area (Å²) in [6.45, 7) is 2.06. The summed E-state index contributed by atoms with van der Waals surface area (Å²) in [6, 6.07) is 1.40. The fourth-order valence-corrected chi connectivity index (χ4v) is 1.63. The Labute approximate surface area is 102 Å². The Kier molecular flexibility index (Phi) is 4.79. The molecule has 2 unspecified atom stereocenters. The molecule has 0 aromatic carbocycles. The van der Waals surface area contributed by atoms with Crippen molar-refractivity contribution in [2.24, 2.45) is 5.73 Å². The van der Waals surface area contributed by atoms with E-state index in [9.17, 15) is 5.11 Å². The third-order valence-electron chi connectivity index (χ3n) is 1.93. The molecule has 0 radical (unpaired) electrons. The highest BCUT2D eigenvalue weighted by Crippen LogP contribution is 2.22. The second-order valence-corrected chi connectivity index (χ2v) is 4.59. The largest absolute Gasteiger partial charge is 0.392 e. The van der Waals surface area contributed by atoms with Gasteiger partial charge in [0, 0.05) is 23.3 Å². The molecule has 0 spiro atoms. The van der Waals surface area contributed by atoms with Crippen molar-refractivity contribution >= 4 is 33.3 Å². The predicted molar refractivity (Wildman–Crippen MR) is 65.1 cm³/mol. The highest BCUT2D eigenvalue weighted by atomic mass is 79.9. The number of anilines is 1. The van der Waals surface area contributed by atoms with Gasteiger partial charge in [0.15, 0.2) is 0 Å². The van der Waals surface area contributed by atoms with Gasteiger partial charge in [-0.25, -0.2) is 4.98 Å². The molecule has 1 aromatic heterocycles. The number of pyridine rings is 1. The molecule has 0 saturated heterocycles. The van der Waals surface area contributed by atoms with Crippen molar-refractivity contribution in [3.8, 4) is 0 Å². The van der Waals surface area contributed by atoms with E-state index in [-0.39, 0.29) is 6.04 Å². The molecule has 0 bridgehead atoms. The standard InChI is InChI=1S/C9H13BrClN3O/c1-5(15)8(12)4-14-9-7(11)2-6(10)3-13-9/h2-3,5,8,15H,4,12H2,1H3,(H,13,14). The van der Waals surface area contributed by atoms with Crippen molar-refractivity contribution in [3.05, 3.63) is 21.8 Å². The molecule has 4 N–H and O–H groups in total. The van der Waals surface area contributed by atoms with Gasteiger partial charge in [0.2, 0.25) is 0 Å². The Morgan fingerprint density at radius 3 is 2.93 bits per heavy atom. The molecule has 1 heterocycles. The van der Waals surface area contributed by atoms with E-state index in [1.807, 2.05) is 0 Å². The minimum absolute atomic E-state index is 0.341. The first-order chi connectivity index (χ1) is 7.00. The Hall–Kier alpha value is -0.360. The van der Waals surface area contributed by atoms with Crippen molar-refractivity contribution < 1.29 is 5.11 Å². The average Bonchev–Trinajstić information content (AvgIpc) is 2.15. The smallest absolute Gasteiger partial charge is 0.144 e. The topological polar surface area (TPSA) is 71.2 Å². The summed E-state index contributed by atoms with van der Waals surface area (Å²) in [5.74, 6) is 0.566. The summed E-state index contributed by atoms with van der Waals surface area (Å²) in [5, 5.41) is 12.7. The first kappa shape index (κ1) is 12.7. The first-order valence-corrected chi connectivity index (χ1v) is 5.66. The molecule has 1 rings (SSSR count). The lowest BCUT2D eigenvalue weighted by atomic mass is 10.2. The lowest BCUT2D eigenvalue weighted by Crippen LogP contribution is -2.38. The molecule has 2 atom stereocenters. The van der Waals surface area contributed by atoms with Crippen LogP contribution in [0.1, 0.15) is 6.92 Å². The van der Waals surface area contributed by atoms with Gasteiger partial charge in [-0.3, -0.25) is 0 Å². The number of nitrogens with one attached hydrogen (secondary N) is 1. The van der Waals surface area contributed by atoms with Crippen LogP contribution >= 0.6 is 27.5 Å². The van der Waals surface area contributed by atoms with Gasteiger partial charge in [-0.2, -0.15) is 0 Å². The third kappa shape index (κ3) is 3.95. The van der Waals surface area contributed by atoms with Crippen LogP contribution in [0.4, 0.5) is 5.82 Å². The van der Waals surface area contributed by atoms with E-state index >= 15 is 0 Å². The number of halogens is 2. The number of hydrogen-bond acceptors (Lipinski definition) is 4. The minimum atomic E-state index is -0.563. The van der Waals surface area contributed by atoms with Crippen LogP contribution in [0.2, 0.25) is 5.02 Å². The van der Waals surface area contributed by atoms with Crippen LogP contribution in [-0.4, -0.2) is 28.8 Å². The fourth-order valence-electron chi connectivity index (χ4n) is 0.930. The van der Waals surface area contributed by atoms with Crippen molar-refractivity contribution in [3.63, 3.8) is 0 Å². The molecule has 4 nitrogen and oxygen atoms in total. The van der Waals surface area contributed by atoms with Crippen molar-refractivity contribution in [2.75, 3.05) is 11.9 Å². The molecule has 15 heavy (non-hydrogen) atoms. The Balaban J connectivity index is 2.58. The average molecular weight is 295 g/mol. The van der Waals surface area contributed by atoms with E-state index in [2.05, 4.69) is 26.2 Å². The number of nitrogens with zero attached hydrogens (tertiary/aromatic N) is 1. The van der Waals surface area contributed by atoms with E-state index in [0.29, 0.717) is 17.4 Å². The summed E-state index contributed by atoms with van der Waals surface area (Å²) in [6.07, 6.45) is 1.08. The maximum absolute atomic E-state index is 9.19. The summed E-state index contributed by atoms with van der Waals surface area (Å²) in [5.41, 5.74) is 5.65. The second kappa shape index (κ2) is 5.65. The second-order valence-electron chi connectivity index (χ2n) is 3.27. The van der Waals surface area contributed by atoms with E-state index in [1.54, 1.807) is 19.2 Å². The normalized spacial score (nSPS) is 14.7. The van der Waals surface area contributed by atoms with Crippen LogP contribution in [-0.2, 0) is 0 Å². The number of aliphatic hydroxyl groups is 1. The van der Waals surface area contributed by atoms with Gasteiger partial charge in [-0.15, -0.1) is 0 Å². The third-order valence-corrected chi connectivity index (χ3v) is 2.65. The zero-order valence-electron chi connectivity index (χ0n) is 8.24. The lowest BCUT2D eigenvalue weighted by molar-refractivity contribution is 0.168. The van der Waals surface area contributed by atoms with Crippen LogP contribution in [0.5, 0.6) is 0 Å². The molecule has 0 aliphatic heterocycles. The van der Waals surface area contributed by atoms with E-state index < -0.39 is 6.10 Å². The fraction of sp³-hybridized carbons (Fsp3) is 0.444. The summed E-state index contributed by atoms with van der Waals surface area (Å²) in [7, 11) is 0. The van der Waals surface area contributed by atoms with Crippen LogP contribution in [0, 0.1) is 0 Å². The predicted octanol–water partition coefficient (Wildman–Crippen LogP) is 1.62. The molecular weight excluding hydrogens is 281 g/mol. The zero-order valence-corrected chi connectivity index (χ0v) is 10.6. The maximum atomic E-state index is 9.19. The molecule has 0 amide bonds. The van der Waals surface area contributed by atoms with Crippen LogP contribution < -0.4 is 11.1 Å². The summed E-state index contributed by atoms with van der Waals surface area (Å²) in [4.78, 5) is 4.08. The molecule has 1 aromatic rings. The number of nitrogens with two attached hydrogens (primary N) is 1. The number of rotatable bonds is 4. The number of hydrogen-bond donors (Lipinski definition) is 3. The molecule has 0 fully saturated rings. The molecule has 0 saturated carbocycles. The zero-order chi connectivity index (χ0) is 11.4. The van der Waals surface area contributed by atoms with Crippen molar-refractivity contribution in [2.45, 2.75) is 19.1 Å². The first-order valence-electron chi connectivity index (χ1n) is 4.49. The summed E-state index contributed by atoms with van der Waals surface area (Å²) >= 11 is 9.19. The van der Waals surface area contributed by atoms with Gasteiger partial charge in [0.25, 0.3) is 0 Å². The SMILES string of the molecule is CC(O)C(N)CNc1ncc(Br)cc1Cl. The van der Waals surface area contributed by atoms with E-state index in [0.717, 1.165) is 4.47 Å². The molecule has 6 heteroatoms. The molecule has 0 aliphatic rings. The Morgan fingerprint density at radius 1 is 1.73 bits per heavy atom. The Bertz CT molecular complexity index is 335. The monoisotopic (exact) mass is 293 g/mol. The summed E-state index contributed by atoms with van der Waals surface area (Å²) < 4.78 is 0.817. The van der Waals surface area contributed by atoms with Crippen LogP contribution in [0.15, 0.2) is 16.7 Å². The van der Waals surface area contributed by atoms with Crippen molar-refractivity contribution in [1.82, 2.24) is 4.98 Å². The van der Waals surface area contributed by atoms with Crippen LogP contribution in [0.3, 0.4) is 0 Å². The number of aromatic nitrogens is 1. The minimum Gasteiger partial charge on any atom is -0.392 e. The van der Waals surface area contributed by atoms with Crippen molar-refractivity contribution in [1.29, 1.82) is 0 Å². The molecule has 0 aliphatic carbocycles. The van der Waals surface area contributed by atoms with Gasteiger partial charge >= 0.3 is 0 Å². The van der Waals surface area contributed by atoms with Gasteiger partial charge in [0.05, 0.1) is 11.1 Å². The highest BCUT2D eigenvalue weighted by Gasteiger charge is 2.10. The van der Waals surface area contributed by atoms with E-state index in [4.69, 9.17) is 17.3 Å². The lowest BCUT2D eigenvalue weighted by Gasteiger charge is -2.16. The quantitative estimate of drug-likeness (QED) is 0.789. The van der Waals surface area contributed by atoms with Gasteiger partial charge in [0.1, 0.15) is 5.82 Å². The number of aliphatic hydroxyl groups excluding tert-OH is 1.